The molecule has 1 aliphatic heterocycles. The maximum absolute atomic E-state index is 12.9. The van der Waals surface area contributed by atoms with E-state index in [1.807, 2.05) is 17.0 Å². The predicted octanol–water partition coefficient (Wildman–Crippen LogP) is 4.44. The molecule has 31 heavy (non-hydrogen) atoms. The molecule has 0 radical (unpaired) electrons. The maximum Gasteiger partial charge on any atom is 0.407 e. The molecule has 2 aromatic rings. The molecule has 1 N–H and O–H groups in total. The average molecular weight is 446 g/mol. The number of ether oxygens (including phenoxy) is 2. The summed E-state index contributed by atoms with van der Waals surface area (Å²) >= 11 is 5.91. The molecule has 3 rings (SSSR count). The van der Waals surface area contributed by atoms with Gasteiger partial charge in [0.25, 0.3) is 5.91 Å². The van der Waals surface area contributed by atoms with Gasteiger partial charge in [-0.3, -0.25) is 9.78 Å². The van der Waals surface area contributed by atoms with Crippen LogP contribution in [0.2, 0.25) is 5.02 Å². The van der Waals surface area contributed by atoms with Gasteiger partial charge < -0.3 is 19.7 Å². The third-order valence-electron chi connectivity index (χ3n) is 4.72. The fraction of sp³-hybridized carbons (Fsp3) is 0.435. The van der Waals surface area contributed by atoms with Gasteiger partial charge >= 0.3 is 6.09 Å². The van der Waals surface area contributed by atoms with E-state index in [2.05, 4.69) is 10.3 Å². The molecule has 8 heteroatoms. The number of rotatable bonds is 5. The predicted molar refractivity (Wildman–Crippen MR) is 118 cm³/mol. The zero-order valence-corrected chi connectivity index (χ0v) is 18.8. The van der Waals surface area contributed by atoms with Gasteiger partial charge in [0.2, 0.25) is 0 Å². The standard InChI is InChI=1S/C23H28ClN3O4/c1-23(2,3)31-22(29)26-14-16-12-17(15-25-13-16)21(28)27-10-8-20(9-11-27)30-19-6-4-18(24)5-7-19/h4-7,12-13,15,20H,8-11,14H2,1-3H3,(H,26,29). The van der Waals surface area contributed by atoms with Crippen molar-refractivity contribution in [1.29, 1.82) is 0 Å². The summed E-state index contributed by atoms with van der Waals surface area (Å²) in [5, 5.41) is 3.35. The molecule has 2 amide bonds. The van der Waals surface area contributed by atoms with Crippen LogP contribution in [-0.2, 0) is 11.3 Å². The Hall–Kier alpha value is -2.80. The van der Waals surface area contributed by atoms with Crippen LogP contribution in [0.1, 0.15) is 49.5 Å². The topological polar surface area (TPSA) is 80.8 Å². The van der Waals surface area contributed by atoms with E-state index in [9.17, 15) is 9.59 Å². The Bertz CT molecular complexity index is 904. The third-order valence-corrected chi connectivity index (χ3v) is 4.98. The van der Waals surface area contributed by atoms with Crippen LogP contribution in [0.15, 0.2) is 42.7 Å². The number of nitrogens with zero attached hydrogens (tertiary/aromatic N) is 2. The van der Waals surface area contributed by atoms with Crippen LogP contribution in [0, 0.1) is 0 Å². The Kier molecular flexibility index (Phi) is 7.38. The fourth-order valence-electron chi connectivity index (χ4n) is 3.25. The highest BCUT2D eigenvalue weighted by Gasteiger charge is 2.25. The average Bonchev–Trinajstić information content (AvgIpc) is 2.73. The molecule has 1 aromatic carbocycles. The highest BCUT2D eigenvalue weighted by Crippen LogP contribution is 2.22. The van der Waals surface area contributed by atoms with E-state index in [0.717, 1.165) is 24.2 Å². The first-order chi connectivity index (χ1) is 14.7. The normalized spacial score (nSPS) is 14.8. The molecular formula is C23H28ClN3O4. The Morgan fingerprint density at radius 2 is 1.84 bits per heavy atom. The first kappa shape index (κ1) is 22.9. The van der Waals surface area contributed by atoms with Crippen molar-refractivity contribution in [3.63, 3.8) is 0 Å². The summed E-state index contributed by atoms with van der Waals surface area (Å²) in [6.45, 7) is 6.86. The summed E-state index contributed by atoms with van der Waals surface area (Å²) in [6, 6.07) is 9.05. The van der Waals surface area contributed by atoms with E-state index < -0.39 is 11.7 Å². The molecular weight excluding hydrogens is 418 g/mol. The van der Waals surface area contributed by atoms with Crippen molar-refractivity contribution in [3.8, 4) is 5.75 Å². The van der Waals surface area contributed by atoms with Gasteiger partial charge in [-0.05, 0) is 56.7 Å². The lowest BCUT2D eigenvalue weighted by molar-refractivity contribution is 0.0523. The minimum Gasteiger partial charge on any atom is -0.490 e. The number of nitrogens with one attached hydrogen (secondary N) is 1. The number of hydrogen-bond donors (Lipinski definition) is 1. The van der Waals surface area contributed by atoms with Gasteiger partial charge in [-0.15, -0.1) is 0 Å². The van der Waals surface area contributed by atoms with Gasteiger partial charge in [0.15, 0.2) is 0 Å². The first-order valence-corrected chi connectivity index (χ1v) is 10.7. The van der Waals surface area contributed by atoms with Crippen molar-refractivity contribution in [2.75, 3.05) is 13.1 Å². The van der Waals surface area contributed by atoms with E-state index in [0.29, 0.717) is 23.7 Å². The molecule has 0 atom stereocenters. The molecule has 1 fully saturated rings. The van der Waals surface area contributed by atoms with Crippen LogP contribution in [0.4, 0.5) is 4.79 Å². The summed E-state index contributed by atoms with van der Waals surface area (Å²) in [6.07, 6.45) is 4.24. The number of alkyl carbamates (subject to hydrolysis) is 1. The number of aromatic nitrogens is 1. The van der Waals surface area contributed by atoms with Crippen LogP contribution >= 0.6 is 11.6 Å². The molecule has 2 heterocycles. The SMILES string of the molecule is CC(C)(C)OC(=O)NCc1cncc(C(=O)N2CCC(Oc3ccc(Cl)cc3)CC2)c1. The van der Waals surface area contributed by atoms with Gasteiger partial charge in [0, 0.05) is 49.9 Å². The quantitative estimate of drug-likeness (QED) is 0.735. The third kappa shape index (κ3) is 7.14. The molecule has 0 unspecified atom stereocenters. The number of hydrogen-bond acceptors (Lipinski definition) is 5. The number of carbonyl (C=O) groups is 2. The minimum atomic E-state index is -0.566. The lowest BCUT2D eigenvalue weighted by atomic mass is 10.1. The molecule has 166 valence electrons. The summed E-state index contributed by atoms with van der Waals surface area (Å²) in [4.78, 5) is 30.7. The van der Waals surface area contributed by atoms with Crippen LogP contribution in [-0.4, -0.2) is 46.7 Å². The van der Waals surface area contributed by atoms with E-state index >= 15 is 0 Å². The summed E-state index contributed by atoms with van der Waals surface area (Å²) in [5.74, 6) is 0.708. The molecule has 1 aliphatic rings. The molecule has 1 aromatic heterocycles. The summed E-state index contributed by atoms with van der Waals surface area (Å²) < 4.78 is 11.2. The van der Waals surface area contributed by atoms with Crippen molar-refractivity contribution in [1.82, 2.24) is 15.2 Å². The largest absolute Gasteiger partial charge is 0.490 e. The van der Waals surface area contributed by atoms with Crippen molar-refractivity contribution in [3.05, 3.63) is 58.9 Å². The number of amides is 2. The summed E-state index contributed by atoms with van der Waals surface area (Å²) in [7, 11) is 0. The number of carbonyl (C=O) groups excluding carboxylic acids is 2. The molecule has 0 bridgehead atoms. The van der Waals surface area contributed by atoms with Crippen LogP contribution in [0.5, 0.6) is 5.75 Å². The smallest absolute Gasteiger partial charge is 0.407 e. The molecule has 0 saturated carbocycles. The van der Waals surface area contributed by atoms with Crippen LogP contribution < -0.4 is 10.1 Å². The van der Waals surface area contributed by atoms with E-state index in [4.69, 9.17) is 21.1 Å². The Balaban J connectivity index is 1.51. The van der Waals surface area contributed by atoms with E-state index in [1.165, 1.54) is 0 Å². The van der Waals surface area contributed by atoms with Gasteiger partial charge in [0.1, 0.15) is 17.5 Å². The Morgan fingerprint density at radius 1 is 1.16 bits per heavy atom. The van der Waals surface area contributed by atoms with Gasteiger partial charge in [-0.1, -0.05) is 11.6 Å². The van der Waals surface area contributed by atoms with E-state index in [1.54, 1.807) is 51.4 Å². The van der Waals surface area contributed by atoms with Crippen molar-refractivity contribution < 1.29 is 19.1 Å². The number of benzene rings is 1. The highest BCUT2D eigenvalue weighted by molar-refractivity contribution is 6.30. The van der Waals surface area contributed by atoms with Crippen molar-refractivity contribution >= 4 is 23.6 Å². The van der Waals surface area contributed by atoms with E-state index in [-0.39, 0.29) is 18.6 Å². The maximum atomic E-state index is 12.9. The van der Waals surface area contributed by atoms with Crippen molar-refractivity contribution in [2.45, 2.75) is 51.9 Å². The number of likely N-dealkylation sites (tertiary alicyclic amines) is 1. The highest BCUT2D eigenvalue weighted by atomic mass is 35.5. The van der Waals surface area contributed by atoms with Gasteiger partial charge in [-0.25, -0.2) is 4.79 Å². The lowest BCUT2D eigenvalue weighted by Crippen LogP contribution is -2.41. The summed E-state index contributed by atoms with van der Waals surface area (Å²) in [5.41, 5.74) is 0.669. The Labute approximate surface area is 187 Å². The second-order valence-corrected chi connectivity index (χ2v) is 8.94. The second kappa shape index (κ2) is 10.0. The zero-order valence-electron chi connectivity index (χ0n) is 18.1. The van der Waals surface area contributed by atoms with Gasteiger partial charge in [0.05, 0.1) is 5.56 Å². The number of halogens is 1. The molecule has 0 spiro atoms. The van der Waals surface area contributed by atoms with Crippen LogP contribution in [0.25, 0.3) is 0 Å². The first-order valence-electron chi connectivity index (χ1n) is 10.3. The lowest BCUT2D eigenvalue weighted by Gasteiger charge is -2.32. The van der Waals surface area contributed by atoms with Crippen LogP contribution in [0.3, 0.4) is 0 Å². The zero-order chi connectivity index (χ0) is 22.4. The molecule has 0 aliphatic carbocycles. The fourth-order valence-corrected chi connectivity index (χ4v) is 3.38. The van der Waals surface area contributed by atoms with Crippen molar-refractivity contribution in [2.24, 2.45) is 0 Å². The number of piperidine rings is 1. The molecule has 7 nitrogen and oxygen atoms in total. The second-order valence-electron chi connectivity index (χ2n) is 8.50. The number of pyridine rings is 1. The Morgan fingerprint density at radius 3 is 2.48 bits per heavy atom. The molecule has 1 saturated heterocycles. The van der Waals surface area contributed by atoms with Gasteiger partial charge in [-0.2, -0.15) is 0 Å². The monoisotopic (exact) mass is 445 g/mol. The minimum absolute atomic E-state index is 0.0627.